The third-order valence-electron chi connectivity index (χ3n) is 2.82. The highest BCUT2D eigenvalue weighted by Crippen LogP contribution is 2.27. The maximum atomic E-state index is 13.5. The van der Waals surface area contributed by atoms with Crippen LogP contribution in [0.3, 0.4) is 0 Å². The third-order valence-corrected chi connectivity index (χ3v) is 3.75. The zero-order chi connectivity index (χ0) is 14.2. The van der Waals surface area contributed by atoms with Crippen molar-refractivity contribution in [3.63, 3.8) is 0 Å². The van der Waals surface area contributed by atoms with E-state index in [1.165, 1.54) is 0 Å². The number of nitrogens with one attached hydrogen (secondary N) is 1. The molecule has 5 nitrogen and oxygen atoms in total. The molecular formula is C11H12F2N2O3S. The molecule has 0 spiro atoms. The van der Waals surface area contributed by atoms with Gasteiger partial charge in [-0.2, -0.15) is 0 Å². The van der Waals surface area contributed by atoms with Crippen LogP contribution in [0.4, 0.5) is 8.78 Å². The second kappa shape index (κ2) is 4.86. The van der Waals surface area contributed by atoms with Crippen LogP contribution in [0.1, 0.15) is 23.2 Å². The van der Waals surface area contributed by atoms with E-state index in [-0.39, 0.29) is 0 Å². The Labute approximate surface area is 108 Å². The van der Waals surface area contributed by atoms with Crippen LogP contribution in [-0.2, 0) is 10.0 Å². The first-order valence-electron chi connectivity index (χ1n) is 5.59. The highest BCUT2D eigenvalue weighted by Gasteiger charge is 2.24. The van der Waals surface area contributed by atoms with Crippen LogP contribution in [0.15, 0.2) is 17.0 Å². The second-order valence-corrected chi connectivity index (χ2v) is 5.99. The summed E-state index contributed by atoms with van der Waals surface area (Å²) in [6.07, 6.45) is 1.99. The molecule has 0 unspecified atom stereocenters. The summed E-state index contributed by atoms with van der Waals surface area (Å²) in [7, 11) is -4.35. The lowest BCUT2D eigenvalue weighted by Crippen LogP contribution is -2.27. The number of rotatable bonds is 4. The maximum absolute atomic E-state index is 13.5. The minimum Gasteiger partial charge on any atom is -0.352 e. The summed E-state index contributed by atoms with van der Waals surface area (Å²) >= 11 is 0. The zero-order valence-corrected chi connectivity index (χ0v) is 10.6. The molecule has 1 amide bonds. The van der Waals surface area contributed by atoms with Crippen LogP contribution in [0.2, 0.25) is 0 Å². The van der Waals surface area contributed by atoms with Crippen LogP contribution >= 0.6 is 0 Å². The lowest BCUT2D eigenvalue weighted by molar-refractivity contribution is 0.0947. The number of nitrogens with two attached hydrogens (primary N) is 1. The summed E-state index contributed by atoms with van der Waals surface area (Å²) in [5.41, 5.74) is -0.536. The monoisotopic (exact) mass is 290 g/mol. The first kappa shape index (κ1) is 13.9. The van der Waals surface area contributed by atoms with Gasteiger partial charge in [-0.05, 0) is 24.8 Å². The van der Waals surface area contributed by atoms with E-state index in [9.17, 15) is 22.0 Å². The molecule has 0 radical (unpaired) electrons. The number of amides is 1. The number of carbonyl (C=O) groups is 1. The molecule has 0 heterocycles. The van der Waals surface area contributed by atoms with Gasteiger partial charge in [0.1, 0.15) is 16.5 Å². The van der Waals surface area contributed by atoms with Crippen LogP contribution in [-0.4, -0.2) is 20.9 Å². The molecule has 2 rings (SSSR count). The largest absolute Gasteiger partial charge is 0.352 e. The van der Waals surface area contributed by atoms with E-state index in [0.717, 1.165) is 12.8 Å². The van der Waals surface area contributed by atoms with Gasteiger partial charge in [0.2, 0.25) is 10.0 Å². The number of primary sulfonamides is 1. The minimum atomic E-state index is -4.35. The van der Waals surface area contributed by atoms with Crippen molar-refractivity contribution in [1.29, 1.82) is 0 Å². The summed E-state index contributed by atoms with van der Waals surface area (Å²) < 4.78 is 49.0. The van der Waals surface area contributed by atoms with Crippen LogP contribution in [0.5, 0.6) is 0 Å². The van der Waals surface area contributed by atoms with E-state index in [4.69, 9.17) is 5.14 Å². The Morgan fingerprint density at radius 3 is 2.47 bits per heavy atom. The molecule has 1 aromatic rings. The van der Waals surface area contributed by atoms with Crippen molar-refractivity contribution in [2.45, 2.75) is 17.7 Å². The number of sulfonamides is 1. The predicted molar refractivity (Wildman–Crippen MR) is 62.8 cm³/mol. The molecule has 0 bridgehead atoms. The Balaban J connectivity index is 2.30. The third kappa shape index (κ3) is 3.27. The topological polar surface area (TPSA) is 89.3 Å². The van der Waals surface area contributed by atoms with Gasteiger partial charge in [-0.15, -0.1) is 0 Å². The Morgan fingerprint density at radius 2 is 1.95 bits per heavy atom. The number of hydrogen-bond acceptors (Lipinski definition) is 3. The van der Waals surface area contributed by atoms with Crippen molar-refractivity contribution in [3.05, 3.63) is 29.3 Å². The van der Waals surface area contributed by atoms with Gasteiger partial charge in [0.05, 0.1) is 5.56 Å². The van der Waals surface area contributed by atoms with Gasteiger partial charge in [-0.1, -0.05) is 0 Å². The van der Waals surface area contributed by atoms with Gasteiger partial charge in [-0.3, -0.25) is 4.79 Å². The predicted octanol–water partition coefficient (Wildman–Crippen LogP) is 0.752. The summed E-state index contributed by atoms with van der Waals surface area (Å²) in [6, 6.07) is 0.952. The summed E-state index contributed by atoms with van der Waals surface area (Å²) in [4.78, 5) is 10.8. The molecule has 3 N–H and O–H groups in total. The van der Waals surface area contributed by atoms with Crippen LogP contribution in [0, 0.1) is 17.6 Å². The Morgan fingerprint density at radius 1 is 1.32 bits per heavy atom. The van der Waals surface area contributed by atoms with E-state index in [1.807, 2.05) is 0 Å². The average molecular weight is 290 g/mol. The number of hydrogen-bond donors (Lipinski definition) is 2. The number of halogens is 2. The molecule has 19 heavy (non-hydrogen) atoms. The lowest BCUT2D eigenvalue weighted by Gasteiger charge is -2.08. The quantitative estimate of drug-likeness (QED) is 0.857. The fraction of sp³-hybridized carbons (Fsp3) is 0.364. The van der Waals surface area contributed by atoms with Crippen LogP contribution in [0.25, 0.3) is 0 Å². The van der Waals surface area contributed by atoms with Crippen molar-refractivity contribution >= 4 is 15.9 Å². The summed E-state index contributed by atoms with van der Waals surface area (Å²) in [5.74, 6) is -2.85. The molecule has 0 saturated heterocycles. The molecule has 1 aliphatic carbocycles. The van der Waals surface area contributed by atoms with Gasteiger partial charge in [0.25, 0.3) is 5.91 Å². The van der Waals surface area contributed by atoms with Crippen molar-refractivity contribution in [2.24, 2.45) is 11.1 Å². The molecule has 1 aliphatic rings. The molecule has 1 fully saturated rings. The minimum absolute atomic E-state index is 0.339. The standard InChI is InChI=1S/C11H12F2N2O3S/c12-8-4-9(13)10(19(14,17)18)3-7(8)11(16)15-5-6-1-2-6/h3-4,6H,1-2,5H2,(H,15,16)(H2,14,17,18). The Kier molecular flexibility index (Phi) is 3.55. The molecule has 1 aromatic carbocycles. The second-order valence-electron chi connectivity index (χ2n) is 4.46. The number of carbonyl (C=O) groups excluding carboxylic acids is 1. The molecule has 0 aliphatic heterocycles. The lowest BCUT2D eigenvalue weighted by atomic mass is 10.2. The van der Waals surface area contributed by atoms with Crippen molar-refractivity contribution in [1.82, 2.24) is 5.32 Å². The average Bonchev–Trinajstić information content (AvgIpc) is 3.07. The van der Waals surface area contributed by atoms with Gasteiger partial charge < -0.3 is 5.32 Å². The smallest absolute Gasteiger partial charge is 0.254 e. The van der Waals surface area contributed by atoms with E-state index in [1.54, 1.807) is 0 Å². The van der Waals surface area contributed by atoms with Gasteiger partial charge >= 0.3 is 0 Å². The zero-order valence-electron chi connectivity index (χ0n) is 9.82. The van der Waals surface area contributed by atoms with Crippen LogP contribution < -0.4 is 10.5 Å². The molecule has 8 heteroatoms. The molecule has 104 valence electrons. The number of benzene rings is 1. The van der Waals surface area contributed by atoms with Crippen molar-refractivity contribution in [3.8, 4) is 0 Å². The molecule has 1 saturated carbocycles. The summed E-state index contributed by atoms with van der Waals surface area (Å²) in [6.45, 7) is 0.389. The SMILES string of the molecule is NS(=O)(=O)c1cc(C(=O)NCC2CC2)c(F)cc1F. The van der Waals surface area contributed by atoms with Gasteiger partial charge in [0, 0.05) is 12.6 Å². The van der Waals surface area contributed by atoms with Gasteiger partial charge in [0.15, 0.2) is 0 Å². The van der Waals surface area contributed by atoms with E-state index in [0.29, 0.717) is 24.6 Å². The first-order chi connectivity index (χ1) is 8.79. The molecule has 0 aromatic heterocycles. The first-order valence-corrected chi connectivity index (χ1v) is 7.13. The van der Waals surface area contributed by atoms with E-state index in [2.05, 4.69) is 5.32 Å². The Hall–Kier alpha value is -1.54. The highest BCUT2D eigenvalue weighted by molar-refractivity contribution is 7.89. The fourth-order valence-electron chi connectivity index (χ4n) is 1.58. The molecule has 0 atom stereocenters. The van der Waals surface area contributed by atoms with E-state index < -0.39 is 38.0 Å². The normalized spacial score (nSPS) is 15.3. The highest BCUT2D eigenvalue weighted by atomic mass is 32.2. The van der Waals surface area contributed by atoms with E-state index >= 15 is 0 Å². The van der Waals surface area contributed by atoms with Gasteiger partial charge in [-0.25, -0.2) is 22.3 Å². The van der Waals surface area contributed by atoms with Crippen molar-refractivity contribution < 1.29 is 22.0 Å². The summed E-state index contributed by atoms with van der Waals surface area (Å²) in [5, 5.41) is 7.25. The maximum Gasteiger partial charge on any atom is 0.254 e. The fourth-order valence-corrected chi connectivity index (χ4v) is 2.19. The Bertz CT molecular complexity index is 627. The molecular weight excluding hydrogens is 278 g/mol. The van der Waals surface area contributed by atoms with Crippen molar-refractivity contribution in [2.75, 3.05) is 6.54 Å².